The van der Waals surface area contributed by atoms with Gasteiger partial charge in [0.1, 0.15) is 5.60 Å². The molecule has 0 spiro atoms. The Labute approximate surface area is 216 Å². The topological polar surface area (TPSA) is 93.1 Å². The Morgan fingerprint density at radius 2 is 1.83 bits per heavy atom. The van der Waals surface area contributed by atoms with Gasteiger partial charge in [-0.25, -0.2) is 0 Å². The van der Waals surface area contributed by atoms with E-state index in [4.69, 9.17) is 9.47 Å². The van der Waals surface area contributed by atoms with Gasteiger partial charge < -0.3 is 19.7 Å². The molecule has 0 aromatic carbocycles. The molecule has 5 rings (SSSR count). The summed E-state index contributed by atoms with van der Waals surface area (Å²) in [5, 5.41) is 22.0. The molecule has 0 radical (unpaired) electrons. The van der Waals surface area contributed by atoms with Crippen LogP contribution in [0.2, 0.25) is 0 Å². The second kappa shape index (κ2) is 9.55. The highest BCUT2D eigenvalue weighted by molar-refractivity contribution is 5.74. The lowest BCUT2D eigenvalue weighted by Gasteiger charge is -2.62. The average molecular weight is 505 g/mol. The summed E-state index contributed by atoms with van der Waals surface area (Å²) in [7, 11) is 0. The Morgan fingerprint density at radius 3 is 2.58 bits per heavy atom. The number of esters is 2. The van der Waals surface area contributed by atoms with Crippen molar-refractivity contribution >= 4 is 11.9 Å². The van der Waals surface area contributed by atoms with Crippen molar-refractivity contribution in [1.29, 1.82) is 0 Å². The second-order valence-corrected chi connectivity index (χ2v) is 14.0. The first-order valence-corrected chi connectivity index (χ1v) is 14.7. The summed E-state index contributed by atoms with van der Waals surface area (Å²) in [6.07, 6.45) is 9.93. The molecular formula is C30H48O6. The van der Waals surface area contributed by atoms with E-state index in [-0.39, 0.29) is 41.4 Å². The number of fused-ring (bicyclic) bond motifs is 5. The SMILES string of the molecule is CC(CCC(=O)OC1(C)CCOC(=O)C1)C1CCC2C3CCC4CC(O)CCC4(C)C3CC(O)C12C. The van der Waals surface area contributed by atoms with E-state index >= 15 is 0 Å². The Hall–Kier alpha value is -1.14. The van der Waals surface area contributed by atoms with Gasteiger partial charge in [-0.3, -0.25) is 9.59 Å². The van der Waals surface area contributed by atoms with Gasteiger partial charge in [0, 0.05) is 12.8 Å². The van der Waals surface area contributed by atoms with Crippen molar-refractivity contribution in [2.45, 2.75) is 123 Å². The summed E-state index contributed by atoms with van der Waals surface area (Å²) in [4.78, 5) is 24.4. The summed E-state index contributed by atoms with van der Waals surface area (Å²) in [5.41, 5.74) is -0.598. The number of aliphatic hydroxyl groups is 2. The maximum absolute atomic E-state index is 12.7. The van der Waals surface area contributed by atoms with Crippen LogP contribution in [0.15, 0.2) is 0 Å². The van der Waals surface area contributed by atoms with Crippen LogP contribution in [0.5, 0.6) is 0 Å². The first kappa shape index (κ1) is 26.5. The van der Waals surface area contributed by atoms with E-state index in [0.29, 0.717) is 55.0 Å². The molecule has 1 aliphatic heterocycles. The molecular weight excluding hydrogens is 456 g/mol. The van der Waals surface area contributed by atoms with Crippen molar-refractivity contribution in [3.8, 4) is 0 Å². The Balaban J connectivity index is 1.23. The molecule has 1 saturated heterocycles. The third-order valence-corrected chi connectivity index (χ3v) is 12.1. The zero-order chi connectivity index (χ0) is 25.9. The molecule has 5 aliphatic rings. The minimum absolute atomic E-state index is 0.0963. The highest BCUT2D eigenvalue weighted by atomic mass is 16.6. The lowest BCUT2D eigenvalue weighted by atomic mass is 9.43. The quantitative estimate of drug-likeness (QED) is 0.510. The van der Waals surface area contributed by atoms with Crippen LogP contribution in [-0.2, 0) is 19.1 Å². The Kier molecular flexibility index (Phi) is 7.02. The molecule has 0 aromatic heterocycles. The number of hydrogen-bond acceptors (Lipinski definition) is 6. The van der Waals surface area contributed by atoms with E-state index in [9.17, 15) is 19.8 Å². The number of hydrogen-bond donors (Lipinski definition) is 2. The van der Waals surface area contributed by atoms with Crippen LogP contribution in [0, 0.1) is 46.3 Å². The van der Waals surface area contributed by atoms with E-state index in [1.807, 2.05) is 6.92 Å². The van der Waals surface area contributed by atoms with Gasteiger partial charge in [0.2, 0.25) is 0 Å². The fourth-order valence-electron chi connectivity index (χ4n) is 9.95. The first-order chi connectivity index (χ1) is 17.0. The summed E-state index contributed by atoms with van der Waals surface area (Å²) in [6, 6.07) is 0. The predicted octanol–water partition coefficient (Wildman–Crippen LogP) is 5.03. The minimum atomic E-state index is -0.751. The van der Waals surface area contributed by atoms with E-state index in [0.717, 1.165) is 38.5 Å². The molecule has 0 bridgehead atoms. The number of carbonyl (C=O) groups is 2. The first-order valence-electron chi connectivity index (χ1n) is 14.7. The molecule has 204 valence electrons. The number of carbonyl (C=O) groups excluding carboxylic acids is 2. The molecule has 0 amide bonds. The van der Waals surface area contributed by atoms with Gasteiger partial charge in [-0.15, -0.1) is 0 Å². The van der Waals surface area contributed by atoms with Gasteiger partial charge in [0.15, 0.2) is 0 Å². The molecule has 0 aromatic rings. The zero-order valence-electron chi connectivity index (χ0n) is 22.8. The molecule has 6 heteroatoms. The number of cyclic esters (lactones) is 1. The van der Waals surface area contributed by atoms with Crippen molar-refractivity contribution in [3.05, 3.63) is 0 Å². The predicted molar refractivity (Wildman–Crippen MR) is 136 cm³/mol. The molecule has 5 fully saturated rings. The highest BCUT2D eigenvalue weighted by Crippen LogP contribution is 2.68. The van der Waals surface area contributed by atoms with Crippen LogP contribution in [0.25, 0.3) is 0 Å². The minimum Gasteiger partial charge on any atom is -0.465 e. The molecule has 4 saturated carbocycles. The fraction of sp³-hybridized carbons (Fsp3) is 0.933. The number of ether oxygens (including phenoxy) is 2. The van der Waals surface area contributed by atoms with Gasteiger partial charge in [-0.1, -0.05) is 20.8 Å². The van der Waals surface area contributed by atoms with Crippen LogP contribution in [-0.4, -0.2) is 46.6 Å². The highest BCUT2D eigenvalue weighted by Gasteiger charge is 2.63. The van der Waals surface area contributed by atoms with E-state index in [1.54, 1.807) is 0 Å². The molecule has 11 atom stereocenters. The van der Waals surface area contributed by atoms with Crippen LogP contribution in [0.4, 0.5) is 0 Å². The summed E-state index contributed by atoms with van der Waals surface area (Å²) >= 11 is 0. The third-order valence-electron chi connectivity index (χ3n) is 12.1. The van der Waals surface area contributed by atoms with E-state index < -0.39 is 5.60 Å². The Bertz CT molecular complexity index is 858. The number of rotatable bonds is 5. The molecule has 36 heavy (non-hydrogen) atoms. The van der Waals surface area contributed by atoms with Crippen molar-refractivity contribution in [2.75, 3.05) is 6.61 Å². The maximum atomic E-state index is 12.7. The number of aliphatic hydroxyl groups excluding tert-OH is 2. The normalized spacial score (nSPS) is 49.3. The van der Waals surface area contributed by atoms with Crippen LogP contribution >= 0.6 is 0 Å². The smallest absolute Gasteiger partial charge is 0.309 e. The average Bonchev–Trinajstić information content (AvgIpc) is 3.17. The van der Waals surface area contributed by atoms with Gasteiger partial charge >= 0.3 is 11.9 Å². The lowest BCUT2D eigenvalue weighted by Crippen LogP contribution is -2.58. The largest absolute Gasteiger partial charge is 0.465 e. The van der Waals surface area contributed by atoms with Crippen molar-refractivity contribution < 1.29 is 29.3 Å². The zero-order valence-corrected chi connectivity index (χ0v) is 22.8. The summed E-state index contributed by atoms with van der Waals surface area (Å²) in [5.74, 6) is 2.58. The van der Waals surface area contributed by atoms with Gasteiger partial charge in [-0.2, -0.15) is 0 Å². The summed E-state index contributed by atoms with van der Waals surface area (Å²) < 4.78 is 10.8. The van der Waals surface area contributed by atoms with Gasteiger partial charge in [0.05, 0.1) is 25.2 Å². The van der Waals surface area contributed by atoms with Crippen molar-refractivity contribution in [1.82, 2.24) is 0 Å². The standard InChI is InChI=1S/C30H48O6/c1-18(5-10-26(33)36-28(2)13-14-35-27(34)17-28)22-8-9-23-21-7-6-19-15-20(31)11-12-29(19,3)24(21)16-25(32)30(22,23)4/h18-25,31-32H,5-17H2,1-4H3. The molecule has 1 heterocycles. The Morgan fingerprint density at radius 1 is 1.06 bits per heavy atom. The maximum Gasteiger partial charge on any atom is 0.309 e. The van der Waals surface area contributed by atoms with Crippen molar-refractivity contribution in [2.24, 2.45) is 46.3 Å². The van der Waals surface area contributed by atoms with Crippen LogP contribution in [0.3, 0.4) is 0 Å². The molecule has 4 aliphatic carbocycles. The van der Waals surface area contributed by atoms with Crippen LogP contribution in [0.1, 0.15) is 105 Å². The molecule has 11 unspecified atom stereocenters. The third kappa shape index (κ3) is 4.42. The second-order valence-electron chi connectivity index (χ2n) is 14.0. The van der Waals surface area contributed by atoms with Crippen molar-refractivity contribution in [3.63, 3.8) is 0 Å². The van der Waals surface area contributed by atoms with E-state index in [2.05, 4.69) is 20.8 Å². The van der Waals surface area contributed by atoms with Crippen LogP contribution < -0.4 is 0 Å². The van der Waals surface area contributed by atoms with Gasteiger partial charge in [-0.05, 0) is 111 Å². The molecule has 2 N–H and O–H groups in total. The fourth-order valence-corrected chi connectivity index (χ4v) is 9.95. The lowest BCUT2D eigenvalue weighted by molar-refractivity contribution is -0.177. The van der Waals surface area contributed by atoms with E-state index in [1.165, 1.54) is 19.3 Å². The van der Waals surface area contributed by atoms with Gasteiger partial charge in [0.25, 0.3) is 0 Å². The summed E-state index contributed by atoms with van der Waals surface area (Å²) in [6.45, 7) is 9.20. The monoisotopic (exact) mass is 504 g/mol. The molecule has 6 nitrogen and oxygen atoms in total.